The van der Waals surface area contributed by atoms with Crippen molar-refractivity contribution in [2.24, 2.45) is 5.10 Å². The van der Waals surface area contributed by atoms with Crippen LogP contribution in [0.25, 0.3) is 0 Å². The topological polar surface area (TPSA) is 70.6 Å². The summed E-state index contributed by atoms with van der Waals surface area (Å²) in [4.78, 5) is 25.0. The van der Waals surface area contributed by atoms with Gasteiger partial charge in [-0.1, -0.05) is 91.0 Å². The molecule has 146 valence electrons. The zero-order valence-corrected chi connectivity index (χ0v) is 16.2. The Kier molecular flexibility index (Phi) is 6.90. The molecule has 0 fully saturated rings. The lowest BCUT2D eigenvalue weighted by Crippen LogP contribution is -2.38. The van der Waals surface area contributed by atoms with Crippen LogP contribution in [0.15, 0.2) is 96.1 Å². The van der Waals surface area contributed by atoms with Crippen molar-refractivity contribution in [2.45, 2.75) is 12.8 Å². The highest BCUT2D eigenvalue weighted by Gasteiger charge is 2.22. The molecule has 3 aromatic carbocycles. The highest BCUT2D eigenvalue weighted by atomic mass is 16.2. The van der Waals surface area contributed by atoms with Gasteiger partial charge in [0.1, 0.15) is 0 Å². The van der Waals surface area contributed by atoms with Crippen LogP contribution in [-0.2, 0) is 9.59 Å². The van der Waals surface area contributed by atoms with Gasteiger partial charge < -0.3 is 5.32 Å². The molecule has 5 heteroatoms. The second-order valence-corrected chi connectivity index (χ2v) is 6.57. The summed E-state index contributed by atoms with van der Waals surface area (Å²) >= 11 is 0. The largest absolute Gasteiger partial charge is 0.346 e. The zero-order valence-electron chi connectivity index (χ0n) is 16.2. The molecule has 0 aliphatic rings. The van der Waals surface area contributed by atoms with E-state index in [1.807, 2.05) is 97.9 Å². The molecule has 0 saturated carbocycles. The van der Waals surface area contributed by atoms with Crippen molar-refractivity contribution in [3.05, 3.63) is 108 Å². The van der Waals surface area contributed by atoms with E-state index in [0.717, 1.165) is 16.7 Å². The third-order valence-corrected chi connectivity index (χ3v) is 4.49. The number of carbonyl (C=O) groups excluding carboxylic acids is 2. The van der Waals surface area contributed by atoms with Crippen LogP contribution < -0.4 is 10.7 Å². The molecule has 0 aromatic heterocycles. The second kappa shape index (κ2) is 9.99. The minimum Gasteiger partial charge on any atom is -0.346 e. The summed E-state index contributed by atoms with van der Waals surface area (Å²) in [7, 11) is 0. The fourth-order valence-electron chi connectivity index (χ4n) is 2.99. The minimum absolute atomic E-state index is 0.152. The molecule has 3 aromatic rings. The van der Waals surface area contributed by atoms with E-state index >= 15 is 0 Å². The van der Waals surface area contributed by atoms with Crippen molar-refractivity contribution in [2.75, 3.05) is 6.54 Å². The van der Waals surface area contributed by atoms with Crippen LogP contribution in [0.4, 0.5) is 0 Å². The third kappa shape index (κ3) is 5.62. The summed E-state index contributed by atoms with van der Waals surface area (Å²) in [6.07, 6.45) is 0. The quantitative estimate of drug-likeness (QED) is 0.483. The van der Waals surface area contributed by atoms with Gasteiger partial charge in [0.25, 0.3) is 5.91 Å². The lowest BCUT2D eigenvalue weighted by molar-refractivity contribution is -0.126. The fraction of sp³-hybridized carbons (Fsp3) is 0.125. The van der Waals surface area contributed by atoms with E-state index in [-0.39, 0.29) is 18.4 Å². The standard InChI is InChI=1S/C24H23N3O2/c1-18(19-11-5-2-6-12-19)26-27-22(28)17-25-24(29)23(20-13-7-3-8-14-20)21-15-9-4-10-16-21/h2-16,23H,17H2,1H3,(H,25,29)(H,27,28)/b26-18+. The highest BCUT2D eigenvalue weighted by Crippen LogP contribution is 2.24. The number of rotatable bonds is 7. The van der Waals surface area contributed by atoms with Crippen LogP contribution in [0.2, 0.25) is 0 Å². The van der Waals surface area contributed by atoms with E-state index in [0.29, 0.717) is 5.71 Å². The second-order valence-electron chi connectivity index (χ2n) is 6.57. The average molecular weight is 385 g/mol. The van der Waals surface area contributed by atoms with Gasteiger partial charge in [0.15, 0.2) is 0 Å². The van der Waals surface area contributed by atoms with Gasteiger partial charge in [0.2, 0.25) is 5.91 Å². The SMILES string of the molecule is C/C(=N\NC(=O)CNC(=O)C(c1ccccc1)c1ccccc1)c1ccccc1. The Bertz CT molecular complexity index is 931. The number of amides is 2. The molecular formula is C24H23N3O2. The van der Waals surface area contributed by atoms with Crippen LogP contribution in [0.1, 0.15) is 29.5 Å². The number of hydrogen-bond donors (Lipinski definition) is 2. The van der Waals surface area contributed by atoms with Crippen molar-refractivity contribution in [3.8, 4) is 0 Å². The summed E-state index contributed by atoms with van der Waals surface area (Å²) in [6, 6.07) is 28.6. The summed E-state index contributed by atoms with van der Waals surface area (Å²) in [5, 5.41) is 6.82. The molecule has 0 heterocycles. The molecule has 0 spiro atoms. The minimum atomic E-state index is -0.486. The molecule has 0 saturated heterocycles. The predicted molar refractivity (Wildman–Crippen MR) is 115 cm³/mol. The van der Waals surface area contributed by atoms with Gasteiger partial charge in [-0.25, -0.2) is 5.43 Å². The average Bonchev–Trinajstić information content (AvgIpc) is 2.78. The van der Waals surface area contributed by atoms with E-state index in [2.05, 4.69) is 15.8 Å². The number of nitrogens with one attached hydrogen (secondary N) is 2. The van der Waals surface area contributed by atoms with Crippen molar-refractivity contribution < 1.29 is 9.59 Å². The van der Waals surface area contributed by atoms with E-state index in [1.54, 1.807) is 0 Å². The van der Waals surface area contributed by atoms with Crippen LogP contribution >= 0.6 is 0 Å². The maximum Gasteiger partial charge on any atom is 0.259 e. The van der Waals surface area contributed by atoms with Gasteiger partial charge in [-0.2, -0.15) is 5.10 Å². The van der Waals surface area contributed by atoms with Gasteiger partial charge in [0, 0.05) is 0 Å². The lowest BCUT2D eigenvalue weighted by atomic mass is 9.90. The first-order chi connectivity index (χ1) is 14.1. The summed E-state index contributed by atoms with van der Waals surface area (Å²) in [5.41, 5.74) is 5.84. The van der Waals surface area contributed by atoms with Crippen LogP contribution in [0, 0.1) is 0 Å². The van der Waals surface area contributed by atoms with Crippen LogP contribution in [0.5, 0.6) is 0 Å². The monoisotopic (exact) mass is 385 g/mol. The summed E-state index contributed by atoms with van der Waals surface area (Å²) in [6.45, 7) is 1.66. The summed E-state index contributed by atoms with van der Waals surface area (Å²) < 4.78 is 0. The van der Waals surface area contributed by atoms with Gasteiger partial charge in [-0.3, -0.25) is 9.59 Å². The molecule has 2 amide bonds. The molecule has 29 heavy (non-hydrogen) atoms. The first kappa shape index (κ1) is 20.0. The number of hydrogen-bond acceptors (Lipinski definition) is 3. The maximum atomic E-state index is 12.9. The number of benzene rings is 3. The zero-order chi connectivity index (χ0) is 20.5. The molecule has 0 aliphatic carbocycles. The lowest BCUT2D eigenvalue weighted by Gasteiger charge is -2.17. The van der Waals surface area contributed by atoms with E-state index in [1.165, 1.54) is 0 Å². The molecule has 0 radical (unpaired) electrons. The fourth-order valence-corrected chi connectivity index (χ4v) is 2.99. The Hall–Kier alpha value is -3.73. The number of carbonyl (C=O) groups is 2. The summed E-state index contributed by atoms with van der Waals surface area (Å²) in [5.74, 6) is -1.10. The van der Waals surface area contributed by atoms with Crippen molar-refractivity contribution in [3.63, 3.8) is 0 Å². The molecule has 0 aliphatic heterocycles. The normalized spacial score (nSPS) is 11.2. The van der Waals surface area contributed by atoms with Crippen molar-refractivity contribution in [1.82, 2.24) is 10.7 Å². The molecular weight excluding hydrogens is 362 g/mol. The predicted octanol–water partition coefficient (Wildman–Crippen LogP) is 3.48. The first-order valence-corrected chi connectivity index (χ1v) is 9.41. The molecule has 0 unspecified atom stereocenters. The molecule has 5 nitrogen and oxygen atoms in total. The number of nitrogens with zero attached hydrogens (tertiary/aromatic N) is 1. The highest BCUT2D eigenvalue weighted by molar-refractivity contribution is 5.99. The maximum absolute atomic E-state index is 12.9. The van der Waals surface area contributed by atoms with Gasteiger partial charge >= 0.3 is 0 Å². The smallest absolute Gasteiger partial charge is 0.259 e. The Balaban J connectivity index is 1.64. The Morgan fingerprint density at radius 2 is 1.28 bits per heavy atom. The Labute approximate surface area is 170 Å². The van der Waals surface area contributed by atoms with Crippen LogP contribution in [-0.4, -0.2) is 24.1 Å². The number of hydrazone groups is 1. The van der Waals surface area contributed by atoms with E-state index < -0.39 is 5.92 Å². The molecule has 0 atom stereocenters. The molecule has 2 N–H and O–H groups in total. The molecule has 0 bridgehead atoms. The van der Waals surface area contributed by atoms with Crippen molar-refractivity contribution >= 4 is 17.5 Å². The van der Waals surface area contributed by atoms with Gasteiger partial charge in [-0.05, 0) is 23.6 Å². The Morgan fingerprint density at radius 1 is 0.793 bits per heavy atom. The first-order valence-electron chi connectivity index (χ1n) is 9.41. The van der Waals surface area contributed by atoms with Gasteiger partial charge in [0.05, 0.1) is 18.2 Å². The molecule has 3 rings (SSSR count). The van der Waals surface area contributed by atoms with E-state index in [9.17, 15) is 9.59 Å². The van der Waals surface area contributed by atoms with Crippen LogP contribution in [0.3, 0.4) is 0 Å². The third-order valence-electron chi connectivity index (χ3n) is 4.49. The Morgan fingerprint density at radius 3 is 1.79 bits per heavy atom. The van der Waals surface area contributed by atoms with Gasteiger partial charge in [-0.15, -0.1) is 0 Å². The van der Waals surface area contributed by atoms with E-state index in [4.69, 9.17) is 0 Å². The van der Waals surface area contributed by atoms with Crippen molar-refractivity contribution in [1.29, 1.82) is 0 Å².